The second kappa shape index (κ2) is 6.24. The van der Waals surface area contributed by atoms with Gasteiger partial charge >= 0.3 is 0 Å². The highest BCUT2D eigenvalue weighted by atomic mass is 14.9. The molecule has 0 atom stereocenters. The third-order valence-corrected chi connectivity index (χ3v) is 5.74. The highest BCUT2D eigenvalue weighted by Crippen LogP contribution is 2.33. The molecule has 1 aromatic carbocycles. The fourth-order valence-corrected chi connectivity index (χ4v) is 4.45. The molecule has 0 saturated heterocycles. The van der Waals surface area contributed by atoms with E-state index in [1.165, 1.54) is 66.2 Å². The molecule has 2 heteroatoms. The van der Waals surface area contributed by atoms with E-state index in [1.54, 1.807) is 5.56 Å². The number of aromatic nitrogens is 1. The molecule has 0 amide bonds. The zero-order valence-electron chi connectivity index (χ0n) is 14.5. The summed E-state index contributed by atoms with van der Waals surface area (Å²) in [5, 5.41) is 5.23. The van der Waals surface area contributed by atoms with Crippen LogP contribution in [-0.2, 0) is 19.4 Å². The molecule has 0 spiro atoms. The fourth-order valence-electron chi connectivity index (χ4n) is 4.45. The Labute approximate surface area is 139 Å². The first-order valence-electron chi connectivity index (χ1n) is 9.40. The van der Waals surface area contributed by atoms with Gasteiger partial charge < -0.3 is 5.32 Å². The lowest BCUT2D eigenvalue weighted by molar-refractivity contribution is 0.524. The molecule has 1 saturated carbocycles. The zero-order valence-corrected chi connectivity index (χ0v) is 14.5. The van der Waals surface area contributed by atoms with Gasteiger partial charge in [0, 0.05) is 23.7 Å². The van der Waals surface area contributed by atoms with Crippen LogP contribution in [0.25, 0.3) is 10.9 Å². The topological polar surface area (TPSA) is 24.9 Å². The van der Waals surface area contributed by atoms with Crippen molar-refractivity contribution in [2.24, 2.45) is 0 Å². The Bertz CT molecular complexity index is 711. The number of rotatable bonds is 4. The van der Waals surface area contributed by atoms with Crippen molar-refractivity contribution >= 4 is 10.9 Å². The van der Waals surface area contributed by atoms with Crippen molar-refractivity contribution in [2.45, 2.75) is 77.3 Å². The number of aryl methyl sites for hydroxylation is 1. The molecular weight excluding hydrogens is 280 g/mol. The zero-order chi connectivity index (χ0) is 15.8. The molecule has 0 aliphatic heterocycles. The lowest BCUT2D eigenvalue weighted by Crippen LogP contribution is -2.26. The fraction of sp³-hybridized carbons (Fsp3) is 0.571. The number of pyridine rings is 1. The molecule has 0 bridgehead atoms. The van der Waals surface area contributed by atoms with Crippen molar-refractivity contribution in [3.05, 3.63) is 40.6 Å². The SMILES string of the molecule is CC(C)c1cccc2c(CNC3CCCC3)c3c(nc12)CCC3. The van der Waals surface area contributed by atoms with Gasteiger partial charge in [-0.15, -0.1) is 0 Å². The minimum atomic E-state index is 0.529. The average Bonchev–Trinajstić information content (AvgIpc) is 3.21. The number of nitrogens with zero attached hydrogens (tertiary/aromatic N) is 1. The Balaban J connectivity index is 1.78. The largest absolute Gasteiger partial charge is 0.310 e. The molecule has 1 heterocycles. The van der Waals surface area contributed by atoms with Gasteiger partial charge in [0.2, 0.25) is 0 Å². The molecule has 2 nitrogen and oxygen atoms in total. The molecule has 2 aromatic rings. The summed E-state index contributed by atoms with van der Waals surface area (Å²) in [5.74, 6) is 0.529. The quantitative estimate of drug-likeness (QED) is 0.871. The smallest absolute Gasteiger partial charge is 0.0743 e. The van der Waals surface area contributed by atoms with Crippen LogP contribution in [0.15, 0.2) is 18.2 Å². The second-order valence-electron chi connectivity index (χ2n) is 7.63. The van der Waals surface area contributed by atoms with Crippen molar-refractivity contribution in [1.29, 1.82) is 0 Å². The van der Waals surface area contributed by atoms with E-state index in [2.05, 4.69) is 37.4 Å². The maximum Gasteiger partial charge on any atom is 0.0743 e. The predicted molar refractivity (Wildman–Crippen MR) is 97.0 cm³/mol. The molecule has 23 heavy (non-hydrogen) atoms. The summed E-state index contributed by atoms with van der Waals surface area (Å²) in [6.45, 7) is 5.58. The molecule has 2 aliphatic rings. The predicted octanol–water partition coefficient (Wildman–Crippen LogP) is 4.88. The first-order chi connectivity index (χ1) is 11.2. The number of benzene rings is 1. The van der Waals surface area contributed by atoms with Gasteiger partial charge in [0.05, 0.1) is 5.52 Å². The first-order valence-corrected chi connectivity index (χ1v) is 9.40. The third kappa shape index (κ3) is 2.78. The van der Waals surface area contributed by atoms with Gasteiger partial charge in [-0.05, 0) is 54.7 Å². The van der Waals surface area contributed by atoms with Crippen molar-refractivity contribution in [3.8, 4) is 0 Å². The monoisotopic (exact) mass is 308 g/mol. The van der Waals surface area contributed by atoms with E-state index in [4.69, 9.17) is 4.98 Å². The van der Waals surface area contributed by atoms with E-state index < -0.39 is 0 Å². The average molecular weight is 308 g/mol. The second-order valence-corrected chi connectivity index (χ2v) is 7.63. The van der Waals surface area contributed by atoms with Crippen molar-refractivity contribution < 1.29 is 0 Å². The molecule has 1 aromatic heterocycles. The van der Waals surface area contributed by atoms with E-state index in [-0.39, 0.29) is 0 Å². The molecule has 4 rings (SSSR count). The van der Waals surface area contributed by atoms with Crippen LogP contribution >= 0.6 is 0 Å². The summed E-state index contributed by atoms with van der Waals surface area (Å²) in [5.41, 5.74) is 7.11. The van der Waals surface area contributed by atoms with Crippen molar-refractivity contribution in [2.75, 3.05) is 0 Å². The minimum absolute atomic E-state index is 0.529. The molecule has 2 aliphatic carbocycles. The van der Waals surface area contributed by atoms with Gasteiger partial charge in [-0.3, -0.25) is 4.98 Å². The number of fused-ring (bicyclic) bond motifs is 2. The van der Waals surface area contributed by atoms with Crippen LogP contribution in [0.1, 0.15) is 74.3 Å². The number of hydrogen-bond donors (Lipinski definition) is 1. The highest BCUT2D eigenvalue weighted by molar-refractivity contribution is 5.87. The Morgan fingerprint density at radius 2 is 1.96 bits per heavy atom. The molecule has 122 valence electrons. The van der Waals surface area contributed by atoms with E-state index in [1.807, 2.05) is 0 Å². The van der Waals surface area contributed by atoms with E-state index >= 15 is 0 Å². The number of para-hydroxylation sites is 1. The van der Waals surface area contributed by atoms with Crippen molar-refractivity contribution in [1.82, 2.24) is 10.3 Å². The van der Waals surface area contributed by atoms with Crippen LogP contribution in [0.3, 0.4) is 0 Å². The summed E-state index contributed by atoms with van der Waals surface area (Å²) in [4.78, 5) is 5.09. The Kier molecular flexibility index (Phi) is 4.11. The van der Waals surface area contributed by atoms with Crippen LogP contribution in [0.4, 0.5) is 0 Å². The lowest BCUT2D eigenvalue weighted by Gasteiger charge is -2.18. The first kappa shape index (κ1) is 15.1. The Morgan fingerprint density at radius 3 is 2.74 bits per heavy atom. The van der Waals surface area contributed by atoms with Gasteiger partial charge in [0.15, 0.2) is 0 Å². The van der Waals surface area contributed by atoms with Crippen LogP contribution in [-0.4, -0.2) is 11.0 Å². The summed E-state index contributed by atoms with van der Waals surface area (Å²) < 4.78 is 0. The molecular formula is C21H28N2. The maximum atomic E-state index is 5.09. The van der Waals surface area contributed by atoms with Gasteiger partial charge in [0.25, 0.3) is 0 Å². The summed E-state index contributed by atoms with van der Waals surface area (Å²) in [6, 6.07) is 7.50. The lowest BCUT2D eigenvalue weighted by atomic mass is 9.94. The van der Waals surface area contributed by atoms with Crippen LogP contribution in [0.5, 0.6) is 0 Å². The van der Waals surface area contributed by atoms with Gasteiger partial charge in [0.1, 0.15) is 0 Å². The van der Waals surface area contributed by atoms with Gasteiger partial charge in [-0.1, -0.05) is 44.9 Å². The molecule has 1 fully saturated rings. The highest BCUT2D eigenvalue weighted by Gasteiger charge is 2.22. The molecule has 0 radical (unpaired) electrons. The normalized spacial score (nSPS) is 18.2. The minimum Gasteiger partial charge on any atom is -0.310 e. The van der Waals surface area contributed by atoms with Crippen LogP contribution in [0, 0.1) is 0 Å². The maximum absolute atomic E-state index is 5.09. The number of hydrogen-bond acceptors (Lipinski definition) is 2. The Morgan fingerprint density at radius 1 is 1.13 bits per heavy atom. The van der Waals surface area contributed by atoms with Crippen LogP contribution in [0.2, 0.25) is 0 Å². The molecule has 0 unspecified atom stereocenters. The van der Waals surface area contributed by atoms with Crippen molar-refractivity contribution in [3.63, 3.8) is 0 Å². The standard InChI is InChI=1S/C21H28N2/c1-14(2)16-9-5-11-18-19(13-22-15-7-3-4-8-15)17-10-6-12-20(17)23-21(16)18/h5,9,11,14-15,22H,3-4,6-8,10,12-13H2,1-2H3. The summed E-state index contributed by atoms with van der Waals surface area (Å²) >= 11 is 0. The van der Waals surface area contributed by atoms with Gasteiger partial charge in [-0.2, -0.15) is 0 Å². The van der Waals surface area contributed by atoms with Crippen LogP contribution < -0.4 is 5.32 Å². The third-order valence-electron chi connectivity index (χ3n) is 5.74. The van der Waals surface area contributed by atoms with E-state index in [9.17, 15) is 0 Å². The molecule has 1 N–H and O–H groups in total. The summed E-state index contributed by atoms with van der Waals surface area (Å²) in [6.07, 6.45) is 9.13. The van der Waals surface area contributed by atoms with E-state index in [0.717, 1.165) is 19.0 Å². The van der Waals surface area contributed by atoms with Gasteiger partial charge in [-0.25, -0.2) is 0 Å². The van der Waals surface area contributed by atoms with E-state index in [0.29, 0.717) is 5.92 Å². The summed E-state index contributed by atoms with van der Waals surface area (Å²) in [7, 11) is 0. The Hall–Kier alpha value is -1.41. The number of nitrogens with one attached hydrogen (secondary N) is 1.